The third kappa shape index (κ3) is 9.42. The summed E-state index contributed by atoms with van der Waals surface area (Å²) in [7, 11) is 3.62. The van der Waals surface area contributed by atoms with Gasteiger partial charge in [0, 0.05) is 109 Å². The van der Waals surface area contributed by atoms with E-state index in [9.17, 15) is 9.59 Å². The van der Waals surface area contributed by atoms with Crippen molar-refractivity contribution < 1.29 is 28.5 Å². The van der Waals surface area contributed by atoms with Crippen molar-refractivity contribution in [3.63, 3.8) is 0 Å². The average molecular weight is 1000 g/mol. The molecule has 10 N–H and O–H groups in total. The van der Waals surface area contributed by atoms with Gasteiger partial charge in [-0.25, -0.2) is 19.9 Å². The van der Waals surface area contributed by atoms with Crippen molar-refractivity contribution in [1.82, 2.24) is 49.3 Å². The molecule has 74 heavy (non-hydrogen) atoms. The molecule has 380 valence electrons. The SMILES string of the molecule is Cc1c(-c2cc3cc(Nc4cc5n(n4)CC(=O)N(C)CC5)ncc3c(N)n2)ccc2c1OC[C@@H](N)CO2.Cc1c(-c2cc3cc(Nc4cc5n(n4)CC(=O)N(C)CC5)ncc3c(N)n2)ccc2c1OC[C@H](N)CO2. The first-order chi connectivity index (χ1) is 35.7. The summed E-state index contributed by atoms with van der Waals surface area (Å²) in [6, 6.07) is 19.0. The number of fused-ring (bicyclic) bond motifs is 6. The monoisotopic (exact) mass is 1000 g/mol. The van der Waals surface area contributed by atoms with E-state index in [0.717, 1.165) is 79.4 Å². The Balaban J connectivity index is 0.000000159. The number of nitrogens with zero attached hydrogens (tertiary/aromatic N) is 10. The van der Waals surface area contributed by atoms with Gasteiger partial charge in [-0.15, -0.1) is 0 Å². The van der Waals surface area contributed by atoms with Gasteiger partial charge in [0.05, 0.1) is 23.5 Å². The molecule has 10 heterocycles. The zero-order valence-electron chi connectivity index (χ0n) is 41.4. The lowest BCUT2D eigenvalue weighted by Crippen LogP contribution is -2.32. The number of amides is 2. The van der Waals surface area contributed by atoms with Crippen LogP contribution in [-0.4, -0.2) is 127 Å². The fourth-order valence-corrected chi connectivity index (χ4v) is 9.39. The molecule has 4 aliphatic rings. The molecule has 22 heteroatoms. The highest BCUT2D eigenvalue weighted by atomic mass is 16.5. The minimum Gasteiger partial charge on any atom is -0.488 e. The fraction of sp³-hybridized carbons (Fsp3) is 0.308. The van der Waals surface area contributed by atoms with Crippen molar-refractivity contribution in [2.75, 3.05) is 75.7 Å². The molecule has 0 radical (unpaired) electrons. The molecule has 0 unspecified atom stereocenters. The van der Waals surface area contributed by atoms with Gasteiger partial charge in [0.15, 0.2) is 34.6 Å². The van der Waals surface area contributed by atoms with Crippen LogP contribution in [-0.2, 0) is 35.5 Å². The highest BCUT2D eigenvalue weighted by Crippen LogP contribution is 2.41. The van der Waals surface area contributed by atoms with Crippen LogP contribution in [0, 0.1) is 13.8 Å². The normalized spacial score (nSPS) is 17.3. The fourth-order valence-electron chi connectivity index (χ4n) is 9.39. The number of ether oxygens (including phenoxy) is 4. The average Bonchev–Trinajstić information content (AvgIpc) is 3.68. The van der Waals surface area contributed by atoms with Crippen LogP contribution in [0.25, 0.3) is 44.1 Å². The molecule has 0 fully saturated rings. The molecule has 12 rings (SSSR count). The molecule has 2 aromatic carbocycles. The summed E-state index contributed by atoms with van der Waals surface area (Å²) in [5, 5.41) is 18.9. The number of rotatable bonds is 6. The molecule has 0 saturated heterocycles. The molecule has 0 bridgehead atoms. The summed E-state index contributed by atoms with van der Waals surface area (Å²) in [6.45, 7) is 7.31. The lowest BCUT2D eigenvalue weighted by atomic mass is 10.0. The Kier molecular flexibility index (Phi) is 12.4. The van der Waals surface area contributed by atoms with Crippen LogP contribution in [0.15, 0.2) is 73.1 Å². The van der Waals surface area contributed by atoms with Crippen LogP contribution < -0.4 is 52.5 Å². The molecule has 22 nitrogen and oxygen atoms in total. The number of aromatic nitrogens is 8. The summed E-state index contributed by atoms with van der Waals surface area (Å²) in [4.78, 5) is 46.2. The first-order valence-corrected chi connectivity index (χ1v) is 24.3. The Morgan fingerprint density at radius 3 is 1.42 bits per heavy atom. The van der Waals surface area contributed by atoms with Crippen molar-refractivity contribution in [3.8, 4) is 45.5 Å². The molecule has 0 aliphatic carbocycles. The number of benzene rings is 2. The van der Waals surface area contributed by atoms with Gasteiger partial charge in [-0.05, 0) is 73.2 Å². The maximum Gasteiger partial charge on any atom is 0.244 e. The molecule has 0 saturated carbocycles. The van der Waals surface area contributed by atoms with Crippen molar-refractivity contribution in [3.05, 3.63) is 95.6 Å². The molecular weight excluding hydrogens is 945 g/mol. The van der Waals surface area contributed by atoms with Crippen LogP contribution in [0.2, 0.25) is 0 Å². The molecule has 2 atom stereocenters. The molecule has 2 amide bonds. The second kappa shape index (κ2) is 19.3. The van der Waals surface area contributed by atoms with Gasteiger partial charge >= 0.3 is 0 Å². The van der Waals surface area contributed by atoms with Gasteiger partial charge in [-0.2, -0.15) is 10.2 Å². The van der Waals surface area contributed by atoms with Gasteiger partial charge in [0.2, 0.25) is 11.8 Å². The maximum atomic E-state index is 12.2. The van der Waals surface area contributed by atoms with Crippen molar-refractivity contribution >= 4 is 68.3 Å². The van der Waals surface area contributed by atoms with E-state index >= 15 is 0 Å². The highest BCUT2D eigenvalue weighted by molar-refractivity contribution is 5.96. The van der Waals surface area contributed by atoms with Gasteiger partial charge in [0.25, 0.3) is 0 Å². The van der Waals surface area contributed by atoms with Gasteiger partial charge in [-0.3, -0.25) is 19.0 Å². The van der Waals surface area contributed by atoms with Crippen molar-refractivity contribution in [1.29, 1.82) is 0 Å². The lowest BCUT2D eigenvalue weighted by Gasteiger charge is -2.15. The number of carbonyl (C=O) groups is 2. The van der Waals surface area contributed by atoms with Crippen LogP contribution in [0.5, 0.6) is 23.0 Å². The van der Waals surface area contributed by atoms with Crippen LogP contribution >= 0.6 is 0 Å². The molecule has 6 aromatic heterocycles. The van der Waals surface area contributed by atoms with Crippen molar-refractivity contribution in [2.24, 2.45) is 11.5 Å². The summed E-state index contributed by atoms with van der Waals surface area (Å²) < 4.78 is 27.0. The van der Waals surface area contributed by atoms with E-state index in [1.165, 1.54) is 0 Å². The third-order valence-corrected chi connectivity index (χ3v) is 13.6. The van der Waals surface area contributed by atoms with E-state index in [1.807, 2.05) is 88.6 Å². The summed E-state index contributed by atoms with van der Waals surface area (Å²) in [5.41, 5.74) is 31.7. The number of likely N-dealkylation sites (N-methyl/N-ethyl adjacent to an activating group) is 2. The minimum absolute atomic E-state index is 0.0423. The number of nitrogens with two attached hydrogens (primary N) is 4. The van der Waals surface area contributed by atoms with Crippen LogP contribution in [0.4, 0.5) is 34.9 Å². The summed E-state index contributed by atoms with van der Waals surface area (Å²) in [6.07, 6.45) is 4.89. The number of anilines is 6. The molecule has 8 aromatic rings. The van der Waals surface area contributed by atoms with Gasteiger partial charge in [-0.1, -0.05) is 0 Å². The van der Waals surface area contributed by atoms with Crippen LogP contribution in [0.1, 0.15) is 22.5 Å². The topological polar surface area (TPSA) is 293 Å². The molecule has 4 aliphatic heterocycles. The summed E-state index contributed by atoms with van der Waals surface area (Å²) >= 11 is 0. The number of hydrogen-bond donors (Lipinski definition) is 6. The van der Waals surface area contributed by atoms with Gasteiger partial charge < -0.3 is 62.3 Å². The zero-order valence-corrected chi connectivity index (χ0v) is 41.4. The zero-order chi connectivity index (χ0) is 51.4. The number of nitrogens with one attached hydrogen (secondary N) is 2. The smallest absolute Gasteiger partial charge is 0.244 e. The second-order valence-corrected chi connectivity index (χ2v) is 19.0. The predicted molar refractivity (Wildman–Crippen MR) is 280 cm³/mol. The standard InChI is InChI=1S/2C26H28N8O3/c2*1-14-18(3-4-21-25(14)37-13-16(27)12-36-21)20-7-15-8-22(29-10-19(15)26(28)30-20)31-23-9-17-5-6-33(2)24(35)11-34(17)32-23/h2*3-4,7-10,16H,5-6,11-13,27H2,1-2H3,(H2,28,30)(H,29,31,32)/t2*16-/m10/s1. The Labute approximate surface area is 424 Å². The van der Waals surface area contributed by atoms with E-state index in [1.54, 1.807) is 31.6 Å². The van der Waals surface area contributed by atoms with Crippen molar-refractivity contribution in [2.45, 2.75) is 51.9 Å². The van der Waals surface area contributed by atoms with Gasteiger partial charge in [0.1, 0.15) is 62.8 Å². The number of pyridine rings is 4. The Hall–Kier alpha value is -8.76. The Morgan fingerprint density at radius 1 is 0.568 bits per heavy atom. The van der Waals surface area contributed by atoms with Crippen LogP contribution in [0.3, 0.4) is 0 Å². The third-order valence-electron chi connectivity index (χ3n) is 13.6. The largest absolute Gasteiger partial charge is 0.488 e. The quantitative estimate of drug-likeness (QED) is 0.134. The first-order valence-electron chi connectivity index (χ1n) is 24.3. The Morgan fingerprint density at radius 2 is 0.986 bits per heavy atom. The Bertz CT molecular complexity index is 3290. The highest BCUT2D eigenvalue weighted by Gasteiger charge is 2.25. The number of carbonyl (C=O) groups excluding carboxylic acids is 2. The van der Waals surface area contributed by atoms with E-state index in [0.29, 0.717) is 97.4 Å². The lowest BCUT2D eigenvalue weighted by molar-refractivity contribution is -0.131. The summed E-state index contributed by atoms with van der Waals surface area (Å²) in [5.74, 6) is 6.05. The minimum atomic E-state index is -0.185. The van der Waals surface area contributed by atoms with E-state index in [4.69, 9.17) is 41.9 Å². The second-order valence-electron chi connectivity index (χ2n) is 19.0. The maximum absolute atomic E-state index is 12.2. The first kappa shape index (κ1) is 47.6. The number of hydrogen-bond acceptors (Lipinski definition) is 18. The van der Waals surface area contributed by atoms with E-state index in [2.05, 4.69) is 40.8 Å². The number of nitrogen functional groups attached to an aromatic ring is 2. The molecule has 0 spiro atoms. The predicted octanol–water partition coefficient (Wildman–Crippen LogP) is 4.48. The molecular formula is C52H56N16O6. The van der Waals surface area contributed by atoms with E-state index in [-0.39, 0.29) is 37.0 Å². The van der Waals surface area contributed by atoms with E-state index < -0.39 is 0 Å².